The van der Waals surface area contributed by atoms with Crippen molar-refractivity contribution in [1.29, 1.82) is 5.26 Å². The van der Waals surface area contributed by atoms with E-state index in [1.165, 1.54) is 0 Å². The van der Waals surface area contributed by atoms with Crippen molar-refractivity contribution < 1.29 is 0 Å². The van der Waals surface area contributed by atoms with Gasteiger partial charge in [0.1, 0.15) is 5.69 Å². The standard InChI is InChI=1S/C15H11N5/c1-11-7-13(5-6-17-11)15-10-20(19-18-15)14-4-2-3-12(8-14)9-16/h2-8,10H,1H3. The Morgan fingerprint density at radius 1 is 1.20 bits per heavy atom. The average molecular weight is 261 g/mol. The lowest BCUT2D eigenvalue weighted by molar-refractivity contribution is 0.803. The number of benzene rings is 1. The lowest BCUT2D eigenvalue weighted by Crippen LogP contribution is -1.94. The Labute approximate surface area is 116 Å². The highest BCUT2D eigenvalue weighted by Crippen LogP contribution is 2.18. The Balaban J connectivity index is 2.00. The maximum atomic E-state index is 8.92. The Kier molecular flexibility index (Phi) is 2.98. The molecule has 0 bridgehead atoms. The predicted octanol–water partition coefficient (Wildman–Crippen LogP) is 2.51. The zero-order valence-electron chi connectivity index (χ0n) is 10.9. The Hall–Kier alpha value is -3.00. The number of nitrogens with zero attached hydrogens (tertiary/aromatic N) is 5. The van der Waals surface area contributed by atoms with Crippen LogP contribution in [-0.2, 0) is 0 Å². The minimum absolute atomic E-state index is 0.597. The molecule has 1 aromatic carbocycles. The van der Waals surface area contributed by atoms with Crippen LogP contribution in [0.25, 0.3) is 16.9 Å². The van der Waals surface area contributed by atoms with Crippen LogP contribution in [0.5, 0.6) is 0 Å². The summed E-state index contributed by atoms with van der Waals surface area (Å²) < 4.78 is 1.66. The molecule has 5 heteroatoms. The summed E-state index contributed by atoms with van der Waals surface area (Å²) in [6.45, 7) is 1.93. The van der Waals surface area contributed by atoms with Gasteiger partial charge in [0.2, 0.25) is 0 Å². The van der Waals surface area contributed by atoms with Crippen molar-refractivity contribution in [1.82, 2.24) is 20.0 Å². The zero-order chi connectivity index (χ0) is 13.9. The molecule has 0 amide bonds. The molecule has 5 nitrogen and oxygen atoms in total. The van der Waals surface area contributed by atoms with Gasteiger partial charge in [-0.25, -0.2) is 4.68 Å². The van der Waals surface area contributed by atoms with Crippen molar-refractivity contribution >= 4 is 0 Å². The van der Waals surface area contributed by atoms with Crippen LogP contribution in [0.15, 0.2) is 48.8 Å². The molecule has 2 aromatic heterocycles. The summed E-state index contributed by atoms with van der Waals surface area (Å²) in [7, 11) is 0. The number of hydrogen-bond donors (Lipinski definition) is 0. The van der Waals surface area contributed by atoms with Gasteiger partial charge < -0.3 is 0 Å². The fourth-order valence-electron chi connectivity index (χ4n) is 1.95. The molecule has 0 aliphatic rings. The molecule has 0 N–H and O–H groups in total. The average Bonchev–Trinajstić information content (AvgIpc) is 2.97. The van der Waals surface area contributed by atoms with Gasteiger partial charge in [0, 0.05) is 17.5 Å². The second-order valence-corrected chi connectivity index (χ2v) is 4.40. The van der Waals surface area contributed by atoms with Crippen molar-refractivity contribution in [3.05, 3.63) is 60.0 Å². The number of pyridine rings is 1. The van der Waals surface area contributed by atoms with Gasteiger partial charge in [-0.15, -0.1) is 5.10 Å². The van der Waals surface area contributed by atoms with E-state index < -0.39 is 0 Å². The first-order valence-corrected chi connectivity index (χ1v) is 6.12. The van der Waals surface area contributed by atoms with Gasteiger partial charge in [-0.05, 0) is 37.3 Å². The van der Waals surface area contributed by atoms with Crippen LogP contribution in [0, 0.1) is 18.3 Å². The molecular formula is C15H11N5. The van der Waals surface area contributed by atoms with Gasteiger partial charge in [-0.2, -0.15) is 5.26 Å². The van der Waals surface area contributed by atoms with E-state index in [-0.39, 0.29) is 0 Å². The molecule has 0 fully saturated rings. The molecule has 0 aliphatic carbocycles. The monoisotopic (exact) mass is 261 g/mol. The molecule has 0 radical (unpaired) electrons. The number of rotatable bonds is 2. The molecule has 0 aliphatic heterocycles. The summed E-state index contributed by atoms with van der Waals surface area (Å²) in [5, 5.41) is 17.2. The molecule has 96 valence electrons. The summed E-state index contributed by atoms with van der Waals surface area (Å²) in [6, 6.07) is 13.2. The van der Waals surface area contributed by atoms with Crippen LogP contribution >= 0.6 is 0 Å². The second-order valence-electron chi connectivity index (χ2n) is 4.40. The van der Waals surface area contributed by atoms with Crippen LogP contribution in [0.1, 0.15) is 11.3 Å². The van der Waals surface area contributed by atoms with Gasteiger partial charge in [-0.3, -0.25) is 4.98 Å². The molecule has 3 aromatic rings. The van der Waals surface area contributed by atoms with Crippen LogP contribution in [0.4, 0.5) is 0 Å². The molecule has 0 saturated carbocycles. The van der Waals surface area contributed by atoms with Crippen molar-refractivity contribution in [2.24, 2.45) is 0 Å². The third-order valence-electron chi connectivity index (χ3n) is 2.93. The first kappa shape index (κ1) is 12.1. The van der Waals surface area contributed by atoms with Gasteiger partial charge in [-0.1, -0.05) is 11.3 Å². The van der Waals surface area contributed by atoms with Crippen molar-refractivity contribution in [2.45, 2.75) is 6.92 Å². The predicted molar refractivity (Wildman–Crippen MR) is 74.0 cm³/mol. The molecule has 2 heterocycles. The highest BCUT2D eigenvalue weighted by molar-refractivity contribution is 5.58. The summed E-state index contributed by atoms with van der Waals surface area (Å²) in [6.07, 6.45) is 3.59. The molecular weight excluding hydrogens is 250 g/mol. The van der Waals surface area contributed by atoms with E-state index in [1.807, 2.05) is 37.4 Å². The van der Waals surface area contributed by atoms with Crippen molar-refractivity contribution in [3.8, 4) is 23.0 Å². The lowest BCUT2D eigenvalue weighted by Gasteiger charge is -1.99. The Morgan fingerprint density at radius 2 is 2.10 bits per heavy atom. The molecule has 3 rings (SSSR count). The van der Waals surface area contributed by atoms with Crippen LogP contribution in [-0.4, -0.2) is 20.0 Å². The summed E-state index contributed by atoms with van der Waals surface area (Å²) >= 11 is 0. The third kappa shape index (κ3) is 2.27. The summed E-state index contributed by atoms with van der Waals surface area (Å²) in [5.74, 6) is 0. The van der Waals surface area contributed by atoms with Crippen molar-refractivity contribution in [2.75, 3.05) is 0 Å². The highest BCUT2D eigenvalue weighted by Gasteiger charge is 2.06. The summed E-state index contributed by atoms with van der Waals surface area (Å²) in [4.78, 5) is 4.16. The minimum atomic E-state index is 0.597. The Bertz CT molecular complexity index is 798. The molecule has 0 spiro atoms. The van der Waals surface area contributed by atoms with Gasteiger partial charge in [0.15, 0.2) is 0 Å². The number of aryl methyl sites for hydroxylation is 1. The van der Waals surface area contributed by atoms with E-state index in [0.29, 0.717) is 5.56 Å². The van der Waals surface area contributed by atoms with E-state index >= 15 is 0 Å². The third-order valence-corrected chi connectivity index (χ3v) is 2.93. The first-order chi connectivity index (χ1) is 9.76. The SMILES string of the molecule is Cc1cc(-c2cn(-c3cccc(C#N)c3)nn2)ccn1. The fraction of sp³-hybridized carbons (Fsp3) is 0.0667. The molecule has 0 atom stereocenters. The summed E-state index contributed by atoms with van der Waals surface area (Å²) in [5.41, 5.74) is 4.09. The van der Waals surface area contributed by atoms with Gasteiger partial charge in [0.25, 0.3) is 0 Å². The van der Waals surface area contributed by atoms with E-state index in [1.54, 1.807) is 23.0 Å². The van der Waals surface area contributed by atoms with Gasteiger partial charge in [0.05, 0.1) is 23.5 Å². The minimum Gasteiger partial charge on any atom is -0.262 e. The van der Waals surface area contributed by atoms with E-state index in [0.717, 1.165) is 22.6 Å². The normalized spacial score (nSPS) is 10.2. The maximum absolute atomic E-state index is 8.92. The largest absolute Gasteiger partial charge is 0.262 e. The first-order valence-electron chi connectivity index (χ1n) is 6.12. The number of aromatic nitrogens is 4. The Morgan fingerprint density at radius 3 is 2.90 bits per heavy atom. The highest BCUT2D eigenvalue weighted by atomic mass is 15.4. The second kappa shape index (κ2) is 4.94. The van der Waals surface area contributed by atoms with Crippen LogP contribution in [0.2, 0.25) is 0 Å². The van der Waals surface area contributed by atoms with Gasteiger partial charge >= 0.3 is 0 Å². The van der Waals surface area contributed by atoms with Crippen molar-refractivity contribution in [3.63, 3.8) is 0 Å². The molecule has 20 heavy (non-hydrogen) atoms. The zero-order valence-corrected chi connectivity index (χ0v) is 10.9. The quantitative estimate of drug-likeness (QED) is 0.710. The van der Waals surface area contributed by atoms with Crippen LogP contribution in [0.3, 0.4) is 0 Å². The lowest BCUT2D eigenvalue weighted by atomic mass is 10.2. The van der Waals surface area contributed by atoms with E-state index in [9.17, 15) is 0 Å². The number of nitriles is 1. The maximum Gasteiger partial charge on any atom is 0.113 e. The molecule has 0 saturated heterocycles. The topological polar surface area (TPSA) is 67.4 Å². The fourth-order valence-corrected chi connectivity index (χ4v) is 1.95. The molecule has 0 unspecified atom stereocenters. The van der Waals surface area contributed by atoms with E-state index in [4.69, 9.17) is 5.26 Å². The van der Waals surface area contributed by atoms with E-state index in [2.05, 4.69) is 21.4 Å². The number of hydrogen-bond acceptors (Lipinski definition) is 4. The smallest absolute Gasteiger partial charge is 0.113 e. The van der Waals surface area contributed by atoms with Crippen LogP contribution < -0.4 is 0 Å².